The fourth-order valence-corrected chi connectivity index (χ4v) is 2.10. The Kier molecular flexibility index (Phi) is 6.10. The molecule has 0 atom stereocenters. The molecule has 0 aliphatic rings. The highest BCUT2D eigenvalue weighted by atomic mass is 19.1. The number of halogens is 1. The van der Waals surface area contributed by atoms with E-state index in [1.165, 1.54) is 24.3 Å². The van der Waals surface area contributed by atoms with E-state index in [4.69, 9.17) is 9.47 Å². The molecule has 0 spiro atoms. The van der Waals surface area contributed by atoms with Gasteiger partial charge in [0.2, 0.25) is 0 Å². The third-order valence-electron chi connectivity index (χ3n) is 3.25. The van der Waals surface area contributed by atoms with E-state index in [2.05, 4.69) is 10.3 Å². The minimum Gasteiger partial charge on any atom is -0.484 e. The highest BCUT2D eigenvalue weighted by molar-refractivity contribution is 5.77. The summed E-state index contributed by atoms with van der Waals surface area (Å²) < 4.78 is 25.1. The number of carbonyl (C=O) groups is 1. The lowest BCUT2D eigenvalue weighted by atomic mass is 10.3. The van der Waals surface area contributed by atoms with E-state index in [1.807, 2.05) is 11.5 Å². The van der Waals surface area contributed by atoms with Crippen LogP contribution in [0.25, 0.3) is 0 Å². The summed E-state index contributed by atoms with van der Waals surface area (Å²) in [5.74, 6) is 0.695. The summed E-state index contributed by atoms with van der Waals surface area (Å²) in [6.07, 6.45) is 1.77. The van der Waals surface area contributed by atoms with Crippen LogP contribution in [0.3, 0.4) is 0 Å². The first kappa shape index (κ1) is 17.0. The first-order chi connectivity index (χ1) is 11.1. The second kappa shape index (κ2) is 8.28. The molecular formula is C16H20FN3O3. The van der Waals surface area contributed by atoms with Crippen molar-refractivity contribution in [3.63, 3.8) is 0 Å². The SMILES string of the molecule is COCc1ncc(C)n1CCNC(=O)COc1ccc(F)cc1. The van der Waals surface area contributed by atoms with Crippen LogP contribution < -0.4 is 10.1 Å². The smallest absolute Gasteiger partial charge is 0.258 e. The van der Waals surface area contributed by atoms with Crippen LogP contribution in [0.4, 0.5) is 4.39 Å². The molecule has 0 fully saturated rings. The Hall–Kier alpha value is -2.41. The molecule has 0 radical (unpaired) electrons. The molecule has 1 N–H and O–H groups in total. The third kappa shape index (κ3) is 5.07. The van der Waals surface area contributed by atoms with Gasteiger partial charge in [-0.2, -0.15) is 0 Å². The van der Waals surface area contributed by atoms with Gasteiger partial charge in [0.25, 0.3) is 5.91 Å². The van der Waals surface area contributed by atoms with Gasteiger partial charge in [0.05, 0.1) is 0 Å². The van der Waals surface area contributed by atoms with Crippen molar-refractivity contribution in [1.29, 1.82) is 0 Å². The van der Waals surface area contributed by atoms with Crippen molar-refractivity contribution < 1.29 is 18.7 Å². The molecule has 1 heterocycles. The second-order valence-corrected chi connectivity index (χ2v) is 4.99. The van der Waals surface area contributed by atoms with Crippen molar-refractivity contribution in [2.75, 3.05) is 20.3 Å². The minimum absolute atomic E-state index is 0.112. The highest BCUT2D eigenvalue weighted by Crippen LogP contribution is 2.10. The predicted molar refractivity (Wildman–Crippen MR) is 82.6 cm³/mol. The average Bonchev–Trinajstić information content (AvgIpc) is 2.88. The number of aryl methyl sites for hydroxylation is 1. The maximum absolute atomic E-state index is 12.8. The summed E-state index contributed by atoms with van der Waals surface area (Å²) in [6.45, 7) is 3.33. The van der Waals surface area contributed by atoms with Gasteiger partial charge < -0.3 is 19.4 Å². The third-order valence-corrected chi connectivity index (χ3v) is 3.25. The van der Waals surface area contributed by atoms with Crippen molar-refractivity contribution in [2.45, 2.75) is 20.1 Å². The van der Waals surface area contributed by atoms with E-state index in [9.17, 15) is 9.18 Å². The van der Waals surface area contributed by atoms with E-state index in [1.54, 1.807) is 13.3 Å². The number of hydrogen-bond donors (Lipinski definition) is 1. The van der Waals surface area contributed by atoms with E-state index in [0.717, 1.165) is 11.5 Å². The van der Waals surface area contributed by atoms with E-state index >= 15 is 0 Å². The van der Waals surface area contributed by atoms with Gasteiger partial charge in [-0.25, -0.2) is 9.37 Å². The Labute approximate surface area is 134 Å². The zero-order valence-corrected chi connectivity index (χ0v) is 13.2. The number of aromatic nitrogens is 2. The molecule has 0 unspecified atom stereocenters. The van der Waals surface area contributed by atoms with Crippen molar-refractivity contribution in [2.24, 2.45) is 0 Å². The number of benzene rings is 1. The maximum atomic E-state index is 12.8. The van der Waals surface area contributed by atoms with Crippen LogP contribution in [-0.4, -0.2) is 35.7 Å². The number of ether oxygens (including phenoxy) is 2. The summed E-state index contributed by atoms with van der Waals surface area (Å²) in [6, 6.07) is 5.53. The molecule has 1 amide bonds. The van der Waals surface area contributed by atoms with Crippen molar-refractivity contribution in [1.82, 2.24) is 14.9 Å². The summed E-state index contributed by atoms with van der Waals surface area (Å²) in [7, 11) is 1.61. The molecule has 1 aromatic carbocycles. The first-order valence-corrected chi connectivity index (χ1v) is 7.25. The molecule has 2 rings (SSSR count). The maximum Gasteiger partial charge on any atom is 0.258 e. The van der Waals surface area contributed by atoms with Gasteiger partial charge in [-0.3, -0.25) is 4.79 Å². The van der Waals surface area contributed by atoms with Crippen molar-refractivity contribution >= 4 is 5.91 Å². The molecule has 124 valence electrons. The Bertz CT molecular complexity index is 641. The quantitative estimate of drug-likeness (QED) is 0.803. The number of amides is 1. The van der Waals surface area contributed by atoms with Gasteiger partial charge in [0.15, 0.2) is 6.61 Å². The van der Waals surface area contributed by atoms with Crippen LogP contribution in [0.1, 0.15) is 11.5 Å². The Morgan fingerprint density at radius 2 is 2.09 bits per heavy atom. The first-order valence-electron chi connectivity index (χ1n) is 7.25. The van der Waals surface area contributed by atoms with Crippen LogP contribution in [0.2, 0.25) is 0 Å². The summed E-state index contributed by atoms with van der Waals surface area (Å²) in [4.78, 5) is 16.0. The fourth-order valence-electron chi connectivity index (χ4n) is 2.10. The number of imidazole rings is 1. The van der Waals surface area contributed by atoms with E-state index < -0.39 is 0 Å². The van der Waals surface area contributed by atoms with Crippen LogP contribution >= 0.6 is 0 Å². The lowest BCUT2D eigenvalue weighted by molar-refractivity contribution is -0.123. The molecule has 1 aromatic heterocycles. The minimum atomic E-state index is -0.343. The molecule has 6 nitrogen and oxygen atoms in total. The number of hydrogen-bond acceptors (Lipinski definition) is 4. The summed E-state index contributed by atoms with van der Waals surface area (Å²) in [5, 5.41) is 2.77. The monoisotopic (exact) mass is 321 g/mol. The zero-order valence-electron chi connectivity index (χ0n) is 13.2. The standard InChI is InChI=1S/C16H20FN3O3/c1-12-9-19-15(10-22-2)20(12)8-7-18-16(21)11-23-14-5-3-13(17)4-6-14/h3-6,9H,7-8,10-11H2,1-2H3,(H,18,21). The molecule has 0 aliphatic carbocycles. The Morgan fingerprint density at radius 3 is 2.78 bits per heavy atom. The van der Waals surface area contributed by atoms with Crippen LogP contribution in [0, 0.1) is 12.7 Å². The zero-order chi connectivity index (χ0) is 16.7. The van der Waals surface area contributed by atoms with Gasteiger partial charge in [-0.05, 0) is 31.2 Å². The molecule has 0 aliphatic heterocycles. The van der Waals surface area contributed by atoms with E-state index in [-0.39, 0.29) is 18.3 Å². The van der Waals surface area contributed by atoms with Gasteiger partial charge in [-0.15, -0.1) is 0 Å². The lowest BCUT2D eigenvalue weighted by Gasteiger charge is -2.11. The topological polar surface area (TPSA) is 65.4 Å². The largest absolute Gasteiger partial charge is 0.484 e. The van der Waals surface area contributed by atoms with Crippen molar-refractivity contribution in [3.8, 4) is 5.75 Å². The number of methoxy groups -OCH3 is 1. The van der Waals surface area contributed by atoms with Gasteiger partial charge >= 0.3 is 0 Å². The van der Waals surface area contributed by atoms with Gasteiger partial charge in [0.1, 0.15) is 24.0 Å². The molecular weight excluding hydrogens is 301 g/mol. The summed E-state index contributed by atoms with van der Waals surface area (Å²) >= 11 is 0. The molecule has 0 saturated carbocycles. The normalized spacial score (nSPS) is 10.6. The lowest BCUT2D eigenvalue weighted by Crippen LogP contribution is -2.32. The van der Waals surface area contributed by atoms with Crippen LogP contribution in [0.15, 0.2) is 30.5 Å². The fraction of sp³-hybridized carbons (Fsp3) is 0.375. The van der Waals surface area contributed by atoms with Crippen LogP contribution in [-0.2, 0) is 22.7 Å². The Balaban J connectivity index is 1.74. The number of rotatable bonds is 8. The summed E-state index contributed by atoms with van der Waals surface area (Å²) in [5.41, 5.74) is 1.01. The number of nitrogens with one attached hydrogen (secondary N) is 1. The molecule has 0 saturated heterocycles. The van der Waals surface area contributed by atoms with Crippen molar-refractivity contribution in [3.05, 3.63) is 47.8 Å². The average molecular weight is 321 g/mol. The molecule has 23 heavy (non-hydrogen) atoms. The molecule has 7 heteroatoms. The molecule has 0 bridgehead atoms. The van der Waals surface area contributed by atoms with Gasteiger partial charge in [-0.1, -0.05) is 0 Å². The molecule has 2 aromatic rings. The second-order valence-electron chi connectivity index (χ2n) is 4.99. The van der Waals surface area contributed by atoms with Crippen LogP contribution in [0.5, 0.6) is 5.75 Å². The van der Waals surface area contributed by atoms with E-state index in [0.29, 0.717) is 25.4 Å². The Morgan fingerprint density at radius 1 is 1.35 bits per heavy atom. The number of carbonyl (C=O) groups excluding carboxylic acids is 1. The number of nitrogens with zero attached hydrogens (tertiary/aromatic N) is 2. The van der Waals surface area contributed by atoms with Gasteiger partial charge in [0, 0.05) is 32.1 Å². The highest BCUT2D eigenvalue weighted by Gasteiger charge is 2.07. The predicted octanol–water partition coefficient (Wildman–Crippen LogP) is 1.67.